The molecule has 1 aliphatic rings. The van der Waals surface area contributed by atoms with Gasteiger partial charge in [-0.1, -0.05) is 37.1 Å². The van der Waals surface area contributed by atoms with Gasteiger partial charge in [-0.05, 0) is 37.1 Å². The average molecular weight is 437 g/mol. The molecule has 0 bridgehead atoms. The maximum absolute atomic E-state index is 13.1. The van der Waals surface area contributed by atoms with Gasteiger partial charge in [-0.25, -0.2) is 13.4 Å². The van der Waals surface area contributed by atoms with Crippen LogP contribution in [0.2, 0.25) is 0 Å². The summed E-state index contributed by atoms with van der Waals surface area (Å²) in [6.45, 7) is 1.04. The molecule has 1 aromatic heterocycles. The minimum atomic E-state index is -3.59. The largest absolute Gasteiger partial charge is 0.330 e. The molecule has 2 heterocycles. The lowest BCUT2D eigenvalue weighted by atomic mass is 9.98. The number of benzene rings is 2. The van der Waals surface area contributed by atoms with Gasteiger partial charge in [0.15, 0.2) is 11.7 Å². The van der Waals surface area contributed by atoms with Gasteiger partial charge in [0.2, 0.25) is 10.0 Å². The summed E-state index contributed by atoms with van der Waals surface area (Å²) in [5.74, 6) is -1.11. The van der Waals surface area contributed by atoms with Crippen LogP contribution in [0.25, 0.3) is 11.0 Å². The number of aryl methyl sites for hydroxylation is 1. The first-order valence-corrected chi connectivity index (χ1v) is 11.8. The van der Waals surface area contributed by atoms with Crippen LogP contribution in [-0.2, 0) is 17.1 Å². The van der Waals surface area contributed by atoms with E-state index in [0.717, 1.165) is 31.2 Å². The van der Waals surface area contributed by atoms with Gasteiger partial charge >= 0.3 is 0 Å². The molecule has 31 heavy (non-hydrogen) atoms. The topological polar surface area (TPSA) is 96.1 Å². The zero-order chi connectivity index (χ0) is 22.0. The summed E-state index contributed by atoms with van der Waals surface area (Å²) in [4.78, 5) is 17.7. The second-order valence-corrected chi connectivity index (χ2v) is 9.72. The molecular formula is C23H24N4O3S. The minimum Gasteiger partial charge on any atom is -0.330 e. The van der Waals surface area contributed by atoms with E-state index in [-0.39, 0.29) is 10.5 Å². The molecule has 3 aromatic rings. The van der Waals surface area contributed by atoms with Crippen molar-refractivity contribution in [2.45, 2.75) is 36.5 Å². The Morgan fingerprint density at radius 2 is 1.68 bits per heavy atom. The highest BCUT2D eigenvalue weighted by Crippen LogP contribution is 2.25. The normalized spacial score (nSPS) is 16.5. The molecule has 160 valence electrons. The number of rotatable bonds is 5. The van der Waals surface area contributed by atoms with Gasteiger partial charge in [0.1, 0.15) is 5.82 Å². The molecule has 0 amide bonds. The monoisotopic (exact) mass is 436 g/mol. The SMILES string of the molecule is Cn1c([C@@H](C#N)C(=O)c2ccc(S(=O)(=O)N3CCCCCC3)cc2)nc2ccccc21. The average Bonchev–Trinajstić information content (AvgIpc) is 2.96. The van der Waals surface area contributed by atoms with Gasteiger partial charge in [-0.2, -0.15) is 9.57 Å². The molecule has 7 nitrogen and oxygen atoms in total. The Morgan fingerprint density at radius 3 is 2.29 bits per heavy atom. The first-order valence-electron chi connectivity index (χ1n) is 10.4. The smallest absolute Gasteiger partial charge is 0.243 e. The fourth-order valence-electron chi connectivity index (χ4n) is 4.04. The molecule has 0 saturated carbocycles. The van der Waals surface area contributed by atoms with Crippen molar-refractivity contribution in [3.05, 3.63) is 59.9 Å². The summed E-state index contributed by atoms with van der Waals surface area (Å²) in [6.07, 6.45) is 3.80. The maximum atomic E-state index is 13.1. The molecule has 1 aliphatic heterocycles. The van der Waals surface area contributed by atoms with Gasteiger partial charge in [0.25, 0.3) is 0 Å². The Balaban J connectivity index is 1.61. The van der Waals surface area contributed by atoms with Crippen LogP contribution in [0, 0.1) is 11.3 Å². The highest BCUT2D eigenvalue weighted by atomic mass is 32.2. The van der Waals surface area contributed by atoms with E-state index in [1.807, 2.05) is 24.3 Å². The summed E-state index contributed by atoms with van der Waals surface area (Å²) in [5.41, 5.74) is 1.84. The van der Waals surface area contributed by atoms with Crippen molar-refractivity contribution in [1.29, 1.82) is 5.26 Å². The van der Waals surface area contributed by atoms with Crippen molar-refractivity contribution in [2.75, 3.05) is 13.1 Å². The summed E-state index contributed by atoms with van der Waals surface area (Å²) in [6, 6.07) is 15.4. The number of carbonyl (C=O) groups is 1. The van der Waals surface area contributed by atoms with E-state index >= 15 is 0 Å². The van der Waals surface area contributed by atoms with Gasteiger partial charge in [0.05, 0.1) is 22.0 Å². The molecule has 1 fully saturated rings. The number of fused-ring (bicyclic) bond motifs is 1. The molecule has 2 aromatic carbocycles. The Hall–Kier alpha value is -3.02. The van der Waals surface area contributed by atoms with E-state index in [1.165, 1.54) is 28.6 Å². The third kappa shape index (κ3) is 3.99. The first-order chi connectivity index (χ1) is 14.9. The van der Waals surface area contributed by atoms with Crippen LogP contribution in [0.15, 0.2) is 53.4 Å². The van der Waals surface area contributed by atoms with Crippen LogP contribution < -0.4 is 0 Å². The molecule has 0 spiro atoms. The van der Waals surface area contributed by atoms with Crippen LogP contribution in [0.3, 0.4) is 0 Å². The Labute approximate surface area is 182 Å². The minimum absolute atomic E-state index is 0.169. The highest BCUT2D eigenvalue weighted by molar-refractivity contribution is 7.89. The van der Waals surface area contributed by atoms with E-state index in [2.05, 4.69) is 11.1 Å². The van der Waals surface area contributed by atoms with Gasteiger partial charge < -0.3 is 4.57 Å². The molecule has 0 N–H and O–H groups in total. The third-order valence-corrected chi connectivity index (χ3v) is 7.73. The fraction of sp³-hybridized carbons (Fsp3) is 0.348. The molecule has 0 unspecified atom stereocenters. The zero-order valence-electron chi connectivity index (χ0n) is 17.4. The first kappa shape index (κ1) is 21.2. The lowest BCUT2D eigenvalue weighted by Gasteiger charge is -2.20. The second-order valence-electron chi connectivity index (χ2n) is 7.79. The Kier molecular flexibility index (Phi) is 5.90. The predicted molar refractivity (Wildman–Crippen MR) is 117 cm³/mol. The van der Waals surface area contributed by atoms with Crippen molar-refractivity contribution in [3.63, 3.8) is 0 Å². The number of carbonyl (C=O) groups excluding carboxylic acids is 1. The number of imidazole rings is 1. The quantitative estimate of drug-likeness (QED) is 0.569. The molecule has 0 aliphatic carbocycles. The van der Waals surface area contributed by atoms with Crippen LogP contribution >= 0.6 is 0 Å². The number of aromatic nitrogens is 2. The van der Waals surface area contributed by atoms with Crippen molar-refractivity contribution >= 4 is 26.8 Å². The maximum Gasteiger partial charge on any atom is 0.243 e. The van der Waals surface area contributed by atoms with Gasteiger partial charge in [-0.15, -0.1) is 0 Å². The summed E-state index contributed by atoms with van der Waals surface area (Å²) in [7, 11) is -1.81. The van der Waals surface area contributed by atoms with E-state index in [9.17, 15) is 18.5 Å². The third-order valence-electron chi connectivity index (χ3n) is 5.81. The lowest BCUT2D eigenvalue weighted by molar-refractivity contribution is 0.0975. The van der Waals surface area contributed by atoms with Crippen molar-refractivity contribution in [1.82, 2.24) is 13.9 Å². The van der Waals surface area contributed by atoms with Gasteiger partial charge in [0, 0.05) is 25.7 Å². The van der Waals surface area contributed by atoms with Crippen LogP contribution in [0.1, 0.15) is 47.8 Å². The summed E-state index contributed by atoms with van der Waals surface area (Å²) >= 11 is 0. The molecule has 1 atom stereocenters. The molecule has 8 heteroatoms. The molecule has 0 radical (unpaired) electrons. The van der Waals surface area contributed by atoms with E-state index in [1.54, 1.807) is 11.6 Å². The van der Waals surface area contributed by atoms with E-state index < -0.39 is 21.7 Å². The summed E-state index contributed by atoms with van der Waals surface area (Å²) < 4.78 is 29.2. The van der Waals surface area contributed by atoms with Crippen LogP contribution in [0.5, 0.6) is 0 Å². The fourth-order valence-corrected chi connectivity index (χ4v) is 5.56. The Morgan fingerprint density at radius 1 is 1.03 bits per heavy atom. The lowest BCUT2D eigenvalue weighted by Crippen LogP contribution is -2.31. The number of ketones is 1. The van der Waals surface area contributed by atoms with Crippen molar-refractivity contribution in [2.24, 2.45) is 7.05 Å². The van der Waals surface area contributed by atoms with Crippen molar-refractivity contribution in [3.8, 4) is 6.07 Å². The Bertz CT molecular complexity index is 1250. The number of hydrogen-bond acceptors (Lipinski definition) is 5. The molecule has 4 rings (SSSR count). The summed E-state index contributed by atoms with van der Waals surface area (Å²) in [5, 5.41) is 9.71. The predicted octanol–water partition coefficient (Wildman–Crippen LogP) is 3.63. The number of nitrogens with zero attached hydrogens (tertiary/aromatic N) is 4. The highest BCUT2D eigenvalue weighted by Gasteiger charge is 2.29. The number of hydrogen-bond donors (Lipinski definition) is 0. The van der Waals surface area contributed by atoms with Crippen LogP contribution in [-0.4, -0.2) is 41.1 Å². The standard InChI is InChI=1S/C23H24N4O3S/c1-26-21-9-5-4-8-20(21)25-23(26)19(16-24)22(28)17-10-12-18(13-11-17)31(29,30)27-14-6-2-3-7-15-27/h4-5,8-13,19H,2-3,6-7,14-15H2,1H3/t19-/m0/s1. The van der Waals surface area contributed by atoms with E-state index in [4.69, 9.17) is 0 Å². The molecule has 1 saturated heterocycles. The van der Waals surface area contributed by atoms with Crippen molar-refractivity contribution < 1.29 is 13.2 Å². The number of para-hydroxylation sites is 2. The number of sulfonamides is 1. The number of nitriles is 1. The second kappa shape index (κ2) is 8.61. The number of Topliss-reactive ketones (excluding diaryl/α,β-unsaturated/α-hetero) is 1. The van der Waals surface area contributed by atoms with Crippen LogP contribution in [0.4, 0.5) is 0 Å². The molecular weight excluding hydrogens is 412 g/mol. The van der Waals surface area contributed by atoms with E-state index in [0.29, 0.717) is 24.4 Å². The zero-order valence-corrected chi connectivity index (χ0v) is 18.2. The van der Waals surface area contributed by atoms with Gasteiger partial charge in [-0.3, -0.25) is 4.79 Å².